The van der Waals surface area contributed by atoms with Crippen LogP contribution in [0.25, 0.3) is 0 Å². The predicted molar refractivity (Wildman–Crippen MR) is 454 cm³/mol. The van der Waals surface area contributed by atoms with Gasteiger partial charge in [-0.3, -0.25) is 37.3 Å². The van der Waals surface area contributed by atoms with Crippen LogP contribution in [0.2, 0.25) is 0 Å². The van der Waals surface area contributed by atoms with Gasteiger partial charge in [-0.05, 0) is 141 Å². The Bertz CT molecular complexity index is 2750. The van der Waals surface area contributed by atoms with Gasteiger partial charge in [-0.1, -0.05) is 326 Å². The van der Waals surface area contributed by atoms with Crippen LogP contribution in [-0.4, -0.2) is 96.7 Å². The molecular formula is C91H150O17P2. The molecule has 0 radical (unpaired) electrons. The Morgan fingerprint density at radius 1 is 0.255 bits per heavy atom. The first-order valence-electron chi connectivity index (χ1n) is 42.4. The molecular weight excluding hydrogens is 1430 g/mol. The number of aliphatic hydroxyl groups excluding tert-OH is 1. The molecule has 0 aliphatic rings. The van der Waals surface area contributed by atoms with Crippen LogP contribution >= 0.6 is 15.6 Å². The van der Waals surface area contributed by atoms with E-state index < -0.39 is 97.5 Å². The van der Waals surface area contributed by atoms with Gasteiger partial charge in [0.05, 0.1) is 26.4 Å². The minimum Gasteiger partial charge on any atom is -0.462 e. The van der Waals surface area contributed by atoms with E-state index in [0.717, 1.165) is 103 Å². The molecule has 0 aliphatic carbocycles. The van der Waals surface area contributed by atoms with Crippen molar-refractivity contribution in [3.05, 3.63) is 170 Å². The molecule has 0 heterocycles. The van der Waals surface area contributed by atoms with Crippen LogP contribution in [0.4, 0.5) is 0 Å². The fourth-order valence-electron chi connectivity index (χ4n) is 10.7. The first-order chi connectivity index (χ1) is 53.7. The van der Waals surface area contributed by atoms with Crippen LogP contribution in [0, 0.1) is 0 Å². The summed E-state index contributed by atoms with van der Waals surface area (Å²) in [5, 5.41) is 10.7. The number of aliphatic hydroxyl groups is 1. The average molecular weight is 1580 g/mol. The third-order valence-corrected chi connectivity index (χ3v) is 19.1. The molecule has 0 spiro atoms. The first kappa shape index (κ1) is 104. The maximum Gasteiger partial charge on any atom is 0.472 e. The number of phosphoric acid groups is 2. The van der Waals surface area contributed by atoms with Gasteiger partial charge in [-0.25, -0.2) is 9.13 Å². The number of hydrogen-bond acceptors (Lipinski definition) is 15. The third kappa shape index (κ3) is 80.5. The van der Waals surface area contributed by atoms with Crippen LogP contribution in [0.5, 0.6) is 0 Å². The van der Waals surface area contributed by atoms with Crippen molar-refractivity contribution in [3.8, 4) is 0 Å². The second-order valence-electron chi connectivity index (χ2n) is 27.7. The van der Waals surface area contributed by atoms with E-state index in [1.807, 2.05) is 48.6 Å². The number of esters is 4. The molecule has 0 aliphatic heterocycles. The topological polar surface area (TPSA) is 237 Å². The lowest BCUT2D eigenvalue weighted by atomic mass is 10.0. The van der Waals surface area contributed by atoms with Crippen LogP contribution < -0.4 is 0 Å². The molecule has 110 heavy (non-hydrogen) atoms. The molecule has 0 fully saturated rings. The van der Waals surface area contributed by atoms with E-state index >= 15 is 0 Å². The smallest absolute Gasteiger partial charge is 0.462 e. The number of carbonyl (C=O) groups excluding carboxylic acids is 4. The van der Waals surface area contributed by atoms with Gasteiger partial charge in [0.1, 0.15) is 19.3 Å². The second kappa shape index (κ2) is 81.4. The van der Waals surface area contributed by atoms with E-state index in [1.165, 1.54) is 122 Å². The number of carbonyl (C=O) groups is 4. The lowest BCUT2D eigenvalue weighted by molar-refractivity contribution is -0.161. The van der Waals surface area contributed by atoms with E-state index in [-0.39, 0.29) is 25.7 Å². The summed E-state index contributed by atoms with van der Waals surface area (Å²) in [5.41, 5.74) is 0. The second-order valence-corrected chi connectivity index (χ2v) is 30.6. The van der Waals surface area contributed by atoms with Gasteiger partial charge in [0.25, 0.3) is 0 Å². The molecule has 0 aromatic rings. The summed E-state index contributed by atoms with van der Waals surface area (Å²) in [6.07, 6.45) is 97.9. The molecule has 3 N–H and O–H groups in total. The van der Waals surface area contributed by atoms with Crippen molar-refractivity contribution in [1.29, 1.82) is 0 Å². The Labute approximate surface area is 667 Å². The van der Waals surface area contributed by atoms with Gasteiger partial charge in [-0.2, -0.15) is 0 Å². The number of phosphoric ester groups is 2. The van der Waals surface area contributed by atoms with Crippen LogP contribution in [-0.2, 0) is 65.4 Å². The number of hydrogen-bond donors (Lipinski definition) is 3. The molecule has 17 nitrogen and oxygen atoms in total. The summed E-state index contributed by atoms with van der Waals surface area (Å²) in [5.74, 6) is -2.44. The Hall–Kier alpha value is -5.58. The van der Waals surface area contributed by atoms with Gasteiger partial charge < -0.3 is 33.8 Å². The maximum absolute atomic E-state index is 13.1. The Balaban J connectivity index is 5.56. The van der Waals surface area contributed by atoms with Crippen molar-refractivity contribution < 1.29 is 80.2 Å². The summed E-state index contributed by atoms with van der Waals surface area (Å²) in [6.45, 7) is 4.57. The fraction of sp³-hybridized carbons (Fsp3) is 0.648. The fourth-order valence-corrected chi connectivity index (χ4v) is 12.3. The largest absolute Gasteiger partial charge is 0.472 e. The summed E-state index contributed by atoms with van der Waals surface area (Å²) < 4.78 is 68.5. The Kier molecular flexibility index (Phi) is 77.3. The van der Waals surface area contributed by atoms with Gasteiger partial charge in [0.15, 0.2) is 12.2 Å². The lowest BCUT2D eigenvalue weighted by Gasteiger charge is -2.21. The lowest BCUT2D eigenvalue weighted by Crippen LogP contribution is -2.30. The predicted octanol–water partition coefficient (Wildman–Crippen LogP) is 25.3. The molecule has 5 atom stereocenters. The van der Waals surface area contributed by atoms with Gasteiger partial charge in [0.2, 0.25) is 0 Å². The first-order valence-corrected chi connectivity index (χ1v) is 45.4. The normalized spacial score (nSPS) is 14.6. The Morgan fingerprint density at radius 3 is 0.782 bits per heavy atom. The van der Waals surface area contributed by atoms with Crippen molar-refractivity contribution >= 4 is 39.5 Å². The molecule has 626 valence electrons. The maximum atomic E-state index is 13.1. The van der Waals surface area contributed by atoms with Crippen LogP contribution in [0.15, 0.2) is 170 Å². The standard InChI is InChI=1S/C91H150O17P2/c1-5-9-13-17-21-25-29-33-37-40-42-45-49-52-56-60-64-68-72-76-89(94)102-82-87(108-91(96)78-74-70-66-62-58-54-50-46-43-41-38-34-30-26-22-18-14-10-6-2)84-106-110(99,100)104-80-85(92)79-103-109(97,98)105-83-86(107-90(95)77-73-69-65-61-57-53-47-36-32-28-24-20-16-12-8-4)81-101-88(93)75-71-67-63-59-55-51-48-44-39-35-31-27-23-19-15-11-7-3/h21-23,25-27,33-35,37-39,42-43,45-46,48,51-52,54,56,58-59,63-64,66,68,70,85-87,92H,5-20,24,28-32,36,40-41,44,47,49-50,53,55,57,60-62,65,67,69,71-84H2,1-4H3,(H,97,98)(H,99,100)/b25-21-,26-22-,27-23-,37-33-,38-34-,39-35-,45-42-,46-43-,51-48-,56-52-,58-54-,63-59-,68-64-,70-66-/t85-,86+,87+/m0/s1. The van der Waals surface area contributed by atoms with E-state index in [4.69, 9.17) is 37.0 Å². The molecule has 2 unspecified atom stereocenters. The highest BCUT2D eigenvalue weighted by Gasteiger charge is 2.30. The van der Waals surface area contributed by atoms with Crippen molar-refractivity contribution in [2.45, 2.75) is 341 Å². The number of rotatable bonds is 78. The van der Waals surface area contributed by atoms with Crippen LogP contribution in [0.1, 0.15) is 323 Å². The molecule has 0 aromatic heterocycles. The van der Waals surface area contributed by atoms with Gasteiger partial charge in [0, 0.05) is 25.7 Å². The highest BCUT2D eigenvalue weighted by molar-refractivity contribution is 7.47. The highest BCUT2D eigenvalue weighted by Crippen LogP contribution is 2.45. The van der Waals surface area contributed by atoms with Crippen molar-refractivity contribution in [3.63, 3.8) is 0 Å². The Morgan fingerprint density at radius 2 is 0.473 bits per heavy atom. The summed E-state index contributed by atoms with van der Waals surface area (Å²) >= 11 is 0. The zero-order chi connectivity index (χ0) is 80.3. The van der Waals surface area contributed by atoms with E-state index in [2.05, 4.69) is 149 Å². The number of unbranched alkanes of at least 4 members (excludes halogenated alkanes) is 24. The molecule has 0 saturated heterocycles. The highest BCUT2D eigenvalue weighted by atomic mass is 31.2. The van der Waals surface area contributed by atoms with Gasteiger partial charge in [-0.15, -0.1) is 0 Å². The van der Waals surface area contributed by atoms with E-state index in [0.29, 0.717) is 44.9 Å². The van der Waals surface area contributed by atoms with Crippen LogP contribution in [0.3, 0.4) is 0 Å². The van der Waals surface area contributed by atoms with E-state index in [9.17, 15) is 43.2 Å². The molecule has 0 amide bonds. The summed E-state index contributed by atoms with van der Waals surface area (Å²) in [4.78, 5) is 73.1. The summed E-state index contributed by atoms with van der Waals surface area (Å²) in [6, 6.07) is 0. The quantitative estimate of drug-likeness (QED) is 0.0169. The molecule has 0 aromatic carbocycles. The molecule has 0 bridgehead atoms. The molecule has 0 rings (SSSR count). The average Bonchev–Trinajstić information content (AvgIpc) is 0.900. The van der Waals surface area contributed by atoms with Crippen molar-refractivity contribution in [1.82, 2.24) is 0 Å². The van der Waals surface area contributed by atoms with Gasteiger partial charge >= 0.3 is 39.5 Å². The van der Waals surface area contributed by atoms with Crippen molar-refractivity contribution in [2.75, 3.05) is 39.6 Å². The zero-order valence-electron chi connectivity index (χ0n) is 68.6. The number of ether oxygens (including phenoxy) is 4. The monoisotopic (exact) mass is 1580 g/mol. The van der Waals surface area contributed by atoms with Crippen molar-refractivity contribution in [2.24, 2.45) is 0 Å². The number of allylic oxidation sites excluding steroid dienone is 28. The zero-order valence-corrected chi connectivity index (χ0v) is 70.4. The SMILES string of the molecule is CCCCC/C=C\C/C=C\C/C=C\C/C=C\C/C=C\CCC(=O)OC[C@H](COP(=O)(O)OC[C@@H](O)COP(=O)(O)OC[C@@H](COC(=O)CCC/C=C\C/C=C\C/C=C\C/C=C\CCCCC)OC(=O)CCCCCCCCCCCCCCCCC)OC(=O)CC/C=C\C/C=C\C/C=C\C/C=C\C/C=C\CCCCC. The minimum absolute atomic E-state index is 0.0159. The molecule has 19 heteroatoms. The van der Waals surface area contributed by atoms with E-state index in [1.54, 1.807) is 0 Å². The summed E-state index contributed by atoms with van der Waals surface area (Å²) in [7, 11) is -10.0. The molecule has 0 saturated carbocycles. The third-order valence-electron chi connectivity index (χ3n) is 17.2. The minimum atomic E-state index is -5.03.